The van der Waals surface area contributed by atoms with Gasteiger partial charge in [0.1, 0.15) is 5.75 Å². The zero-order chi connectivity index (χ0) is 13.7. The molecule has 112 valence electrons. The number of carbonyl (C=O) groups is 1. The monoisotopic (exact) mass is 298 g/mol. The summed E-state index contributed by atoms with van der Waals surface area (Å²) in [5.41, 5.74) is 0.972. The second-order valence-corrected chi connectivity index (χ2v) is 5.08. The van der Waals surface area contributed by atoms with Gasteiger partial charge >= 0.3 is 0 Å². The number of amides is 1. The number of benzene rings is 1. The summed E-state index contributed by atoms with van der Waals surface area (Å²) < 4.78 is 5.75. The van der Waals surface area contributed by atoms with E-state index in [1.807, 2.05) is 43.0 Å². The van der Waals surface area contributed by atoms with Gasteiger partial charge < -0.3 is 15.0 Å². The van der Waals surface area contributed by atoms with Gasteiger partial charge in [-0.05, 0) is 19.9 Å². The molecule has 0 unspecified atom stereocenters. The summed E-state index contributed by atoms with van der Waals surface area (Å²) in [6, 6.07) is 7.79. The minimum Gasteiger partial charge on any atom is -0.491 e. The van der Waals surface area contributed by atoms with Crippen molar-refractivity contribution in [2.24, 2.45) is 0 Å². The first-order valence-corrected chi connectivity index (χ1v) is 6.90. The first-order valence-electron chi connectivity index (χ1n) is 6.90. The Morgan fingerprint density at radius 1 is 1.30 bits per heavy atom. The van der Waals surface area contributed by atoms with E-state index in [-0.39, 0.29) is 24.4 Å². The Hall–Kier alpha value is -1.26. The van der Waals surface area contributed by atoms with Crippen LogP contribution in [-0.4, -0.2) is 43.1 Å². The molecule has 0 saturated carbocycles. The normalized spacial score (nSPS) is 14.8. The molecule has 1 fully saturated rings. The third-order valence-electron chi connectivity index (χ3n) is 3.15. The van der Waals surface area contributed by atoms with Crippen LogP contribution in [0.5, 0.6) is 5.75 Å². The summed E-state index contributed by atoms with van der Waals surface area (Å²) in [5.74, 6) is 1.00. The molecule has 20 heavy (non-hydrogen) atoms. The van der Waals surface area contributed by atoms with Crippen molar-refractivity contribution in [3.05, 3.63) is 29.8 Å². The van der Waals surface area contributed by atoms with Crippen LogP contribution in [0.3, 0.4) is 0 Å². The van der Waals surface area contributed by atoms with Crippen LogP contribution in [0, 0.1) is 0 Å². The molecule has 2 rings (SSSR count). The number of para-hydroxylation sites is 1. The maximum Gasteiger partial charge on any atom is 0.227 e. The van der Waals surface area contributed by atoms with Crippen molar-refractivity contribution in [2.45, 2.75) is 26.4 Å². The fourth-order valence-electron chi connectivity index (χ4n) is 2.21. The van der Waals surface area contributed by atoms with Crippen LogP contribution in [0.2, 0.25) is 0 Å². The van der Waals surface area contributed by atoms with E-state index in [2.05, 4.69) is 5.32 Å². The van der Waals surface area contributed by atoms with E-state index in [0.29, 0.717) is 6.42 Å². The van der Waals surface area contributed by atoms with E-state index < -0.39 is 0 Å². The number of nitrogens with zero attached hydrogens (tertiary/aromatic N) is 1. The van der Waals surface area contributed by atoms with Crippen molar-refractivity contribution in [1.29, 1.82) is 0 Å². The topological polar surface area (TPSA) is 41.6 Å². The summed E-state index contributed by atoms with van der Waals surface area (Å²) in [6.45, 7) is 7.35. The summed E-state index contributed by atoms with van der Waals surface area (Å²) in [6.07, 6.45) is 0.540. The van der Waals surface area contributed by atoms with E-state index in [1.54, 1.807) is 0 Å². The summed E-state index contributed by atoms with van der Waals surface area (Å²) >= 11 is 0. The van der Waals surface area contributed by atoms with E-state index >= 15 is 0 Å². The van der Waals surface area contributed by atoms with Gasteiger partial charge in [-0.15, -0.1) is 12.4 Å². The molecule has 1 aliphatic heterocycles. The first kappa shape index (κ1) is 16.8. The molecule has 1 saturated heterocycles. The van der Waals surface area contributed by atoms with Gasteiger partial charge in [-0.1, -0.05) is 18.2 Å². The van der Waals surface area contributed by atoms with Crippen LogP contribution in [0.1, 0.15) is 19.4 Å². The number of rotatable bonds is 4. The molecule has 1 amide bonds. The van der Waals surface area contributed by atoms with Gasteiger partial charge in [0, 0.05) is 31.7 Å². The molecular weight excluding hydrogens is 276 g/mol. The largest absolute Gasteiger partial charge is 0.491 e. The standard InChI is InChI=1S/C15H22N2O2.ClH/c1-12(2)19-14-6-4-3-5-13(14)11-15(18)17-9-7-16-8-10-17;/h3-6,12,16H,7-11H2,1-2H3;1H. The second-order valence-electron chi connectivity index (χ2n) is 5.08. The third kappa shape index (κ3) is 4.69. The summed E-state index contributed by atoms with van der Waals surface area (Å²) in [7, 11) is 0. The van der Waals surface area contributed by atoms with Crippen molar-refractivity contribution in [2.75, 3.05) is 26.2 Å². The fourth-order valence-corrected chi connectivity index (χ4v) is 2.21. The molecule has 1 aliphatic rings. The zero-order valence-electron chi connectivity index (χ0n) is 12.1. The van der Waals surface area contributed by atoms with Crippen molar-refractivity contribution in [3.8, 4) is 5.75 Å². The minimum absolute atomic E-state index is 0. The highest BCUT2D eigenvalue weighted by Gasteiger charge is 2.18. The predicted octanol–water partition coefficient (Wildman–Crippen LogP) is 1.87. The average molecular weight is 299 g/mol. The van der Waals surface area contributed by atoms with Gasteiger partial charge in [0.2, 0.25) is 5.91 Å². The Balaban J connectivity index is 0.00000200. The maximum absolute atomic E-state index is 12.2. The molecular formula is C15H23ClN2O2. The van der Waals surface area contributed by atoms with Crippen LogP contribution in [0.4, 0.5) is 0 Å². The molecule has 1 aromatic carbocycles. The molecule has 0 bridgehead atoms. The van der Waals surface area contributed by atoms with Gasteiger partial charge in [-0.25, -0.2) is 0 Å². The Morgan fingerprint density at radius 3 is 2.60 bits per heavy atom. The molecule has 1 N–H and O–H groups in total. The average Bonchev–Trinajstić information content (AvgIpc) is 2.41. The number of nitrogens with one attached hydrogen (secondary N) is 1. The van der Waals surface area contributed by atoms with Gasteiger partial charge in [0.15, 0.2) is 0 Å². The van der Waals surface area contributed by atoms with Crippen LogP contribution >= 0.6 is 12.4 Å². The summed E-state index contributed by atoms with van der Waals surface area (Å²) in [5, 5.41) is 3.25. The zero-order valence-corrected chi connectivity index (χ0v) is 12.9. The number of ether oxygens (including phenoxy) is 1. The smallest absolute Gasteiger partial charge is 0.227 e. The van der Waals surface area contributed by atoms with Crippen LogP contribution in [0.25, 0.3) is 0 Å². The molecule has 1 aromatic rings. The van der Waals surface area contributed by atoms with E-state index in [9.17, 15) is 4.79 Å². The SMILES string of the molecule is CC(C)Oc1ccccc1CC(=O)N1CCNCC1.Cl. The molecule has 0 spiro atoms. The molecule has 1 heterocycles. The van der Waals surface area contributed by atoms with Gasteiger partial charge in [0.05, 0.1) is 12.5 Å². The number of carbonyl (C=O) groups excluding carboxylic acids is 1. The minimum atomic E-state index is 0. The van der Waals surface area contributed by atoms with Crippen LogP contribution in [-0.2, 0) is 11.2 Å². The highest BCUT2D eigenvalue weighted by atomic mass is 35.5. The Labute approximate surface area is 126 Å². The molecule has 0 atom stereocenters. The molecule has 0 aromatic heterocycles. The van der Waals surface area contributed by atoms with Gasteiger partial charge in [-0.3, -0.25) is 4.79 Å². The fraction of sp³-hybridized carbons (Fsp3) is 0.533. The Bertz CT molecular complexity index is 432. The number of hydrogen-bond donors (Lipinski definition) is 1. The van der Waals surface area contributed by atoms with Crippen molar-refractivity contribution in [3.63, 3.8) is 0 Å². The second kappa shape index (κ2) is 8.12. The Morgan fingerprint density at radius 2 is 1.95 bits per heavy atom. The lowest BCUT2D eigenvalue weighted by molar-refractivity contribution is -0.131. The highest BCUT2D eigenvalue weighted by molar-refractivity contribution is 5.85. The van der Waals surface area contributed by atoms with Gasteiger partial charge in [0.25, 0.3) is 0 Å². The highest BCUT2D eigenvalue weighted by Crippen LogP contribution is 2.20. The molecule has 4 nitrogen and oxygen atoms in total. The Kier molecular flexibility index (Phi) is 6.82. The van der Waals surface area contributed by atoms with E-state index in [1.165, 1.54) is 0 Å². The van der Waals surface area contributed by atoms with Gasteiger partial charge in [-0.2, -0.15) is 0 Å². The van der Waals surface area contributed by atoms with Crippen LogP contribution < -0.4 is 10.1 Å². The predicted molar refractivity (Wildman–Crippen MR) is 82.6 cm³/mol. The lowest BCUT2D eigenvalue weighted by Gasteiger charge is -2.27. The molecule has 5 heteroatoms. The molecule has 0 radical (unpaired) electrons. The first-order chi connectivity index (χ1) is 9.16. The van der Waals surface area contributed by atoms with Crippen molar-refractivity contribution < 1.29 is 9.53 Å². The number of halogens is 1. The number of hydrogen-bond acceptors (Lipinski definition) is 3. The van der Waals surface area contributed by atoms with Crippen LogP contribution in [0.15, 0.2) is 24.3 Å². The summed E-state index contributed by atoms with van der Waals surface area (Å²) in [4.78, 5) is 14.2. The van der Waals surface area contributed by atoms with Crippen molar-refractivity contribution in [1.82, 2.24) is 10.2 Å². The lowest BCUT2D eigenvalue weighted by Crippen LogP contribution is -2.46. The molecule has 0 aliphatic carbocycles. The van der Waals surface area contributed by atoms with E-state index in [0.717, 1.165) is 37.5 Å². The lowest BCUT2D eigenvalue weighted by atomic mass is 10.1. The third-order valence-corrected chi connectivity index (χ3v) is 3.15. The maximum atomic E-state index is 12.2. The van der Waals surface area contributed by atoms with Crippen molar-refractivity contribution >= 4 is 18.3 Å². The van der Waals surface area contributed by atoms with E-state index in [4.69, 9.17) is 4.74 Å². The number of piperazine rings is 1. The quantitative estimate of drug-likeness (QED) is 0.923.